The summed E-state index contributed by atoms with van der Waals surface area (Å²) >= 11 is 3.54. The van der Waals surface area contributed by atoms with E-state index in [0.717, 1.165) is 26.7 Å². The van der Waals surface area contributed by atoms with E-state index in [2.05, 4.69) is 40.3 Å². The Hall–Kier alpha value is -3.71. The zero-order valence-electron chi connectivity index (χ0n) is 19.8. The maximum Gasteiger partial charge on any atom is 0.336 e. The van der Waals surface area contributed by atoms with Crippen molar-refractivity contribution in [3.8, 4) is 11.5 Å². The lowest BCUT2D eigenvalue weighted by molar-refractivity contribution is -0.129. The van der Waals surface area contributed by atoms with E-state index in [4.69, 9.17) is 9.47 Å². The van der Waals surface area contributed by atoms with E-state index in [1.807, 2.05) is 49.4 Å². The van der Waals surface area contributed by atoms with Crippen LogP contribution >= 0.6 is 15.9 Å². The molecule has 0 unspecified atom stereocenters. The number of hydrogen-bond acceptors (Lipinski definition) is 5. The minimum atomic E-state index is -0.468. The molecule has 3 rings (SSSR count). The van der Waals surface area contributed by atoms with Gasteiger partial charge in [0.05, 0.1) is 6.21 Å². The van der Waals surface area contributed by atoms with Crippen molar-refractivity contribution in [1.29, 1.82) is 0 Å². The molecule has 0 saturated heterocycles. The van der Waals surface area contributed by atoms with Crippen LogP contribution in [-0.2, 0) is 9.59 Å². The van der Waals surface area contributed by atoms with Gasteiger partial charge in [0.2, 0.25) is 0 Å². The van der Waals surface area contributed by atoms with Crippen molar-refractivity contribution in [2.45, 2.75) is 26.7 Å². The van der Waals surface area contributed by atoms with Gasteiger partial charge in [-0.3, -0.25) is 4.79 Å². The molecule has 0 bridgehead atoms. The first-order chi connectivity index (χ1) is 16.8. The topological polar surface area (TPSA) is 77.0 Å². The minimum absolute atomic E-state index is 0.149. The fourth-order valence-electron chi connectivity index (χ4n) is 3.10. The molecule has 7 heteroatoms. The fraction of sp³-hybridized carbons (Fsp3) is 0.179. The van der Waals surface area contributed by atoms with Gasteiger partial charge < -0.3 is 9.47 Å². The molecule has 0 fully saturated rings. The van der Waals surface area contributed by atoms with Gasteiger partial charge in [-0.05, 0) is 77.6 Å². The van der Waals surface area contributed by atoms with Crippen LogP contribution in [0.1, 0.15) is 42.0 Å². The molecular formula is C28H27BrN2O4. The summed E-state index contributed by atoms with van der Waals surface area (Å²) in [5.41, 5.74) is 6.16. The molecule has 3 aromatic rings. The summed E-state index contributed by atoms with van der Waals surface area (Å²) < 4.78 is 12.0. The van der Waals surface area contributed by atoms with Crippen LogP contribution < -0.4 is 14.9 Å². The number of esters is 1. The van der Waals surface area contributed by atoms with Crippen LogP contribution in [0.15, 0.2) is 82.4 Å². The van der Waals surface area contributed by atoms with Crippen molar-refractivity contribution in [3.63, 3.8) is 0 Å². The first-order valence-corrected chi connectivity index (χ1v) is 11.9. The van der Waals surface area contributed by atoms with Crippen molar-refractivity contribution >= 4 is 40.1 Å². The van der Waals surface area contributed by atoms with Gasteiger partial charge in [0.1, 0.15) is 11.5 Å². The highest BCUT2D eigenvalue weighted by molar-refractivity contribution is 9.10. The van der Waals surface area contributed by atoms with E-state index in [0.29, 0.717) is 11.5 Å². The summed E-state index contributed by atoms with van der Waals surface area (Å²) in [4.78, 5) is 24.1. The van der Waals surface area contributed by atoms with Gasteiger partial charge in [0.15, 0.2) is 6.61 Å². The molecule has 3 aromatic carbocycles. The van der Waals surface area contributed by atoms with Crippen LogP contribution in [0.3, 0.4) is 0 Å². The average Bonchev–Trinajstić information content (AvgIpc) is 2.85. The SMILES string of the molecule is Cc1cc(OCC(=O)NN=Cc2ccc(OC(=O)C=Cc3ccccc3)cc2)c(C(C)C)cc1Br. The fourth-order valence-corrected chi connectivity index (χ4v) is 3.46. The summed E-state index contributed by atoms with van der Waals surface area (Å²) in [6.07, 6.45) is 4.57. The van der Waals surface area contributed by atoms with Gasteiger partial charge in [-0.25, -0.2) is 10.2 Å². The molecule has 0 radical (unpaired) electrons. The van der Waals surface area contributed by atoms with E-state index in [9.17, 15) is 9.59 Å². The molecule has 0 aliphatic carbocycles. The van der Waals surface area contributed by atoms with E-state index in [-0.39, 0.29) is 18.4 Å². The molecule has 0 aromatic heterocycles. The Balaban J connectivity index is 1.47. The Morgan fingerprint density at radius 1 is 1.03 bits per heavy atom. The maximum atomic E-state index is 12.2. The molecule has 1 amide bonds. The van der Waals surface area contributed by atoms with E-state index >= 15 is 0 Å². The number of aryl methyl sites for hydroxylation is 1. The first kappa shape index (κ1) is 25.9. The summed E-state index contributed by atoms with van der Waals surface area (Å²) in [5.74, 6) is 0.512. The van der Waals surface area contributed by atoms with Crippen molar-refractivity contribution in [2.24, 2.45) is 5.10 Å². The maximum absolute atomic E-state index is 12.2. The highest BCUT2D eigenvalue weighted by Gasteiger charge is 2.12. The van der Waals surface area contributed by atoms with Gasteiger partial charge in [-0.2, -0.15) is 5.10 Å². The predicted octanol–water partition coefficient (Wildman–Crippen LogP) is 6.03. The Kier molecular flexibility index (Phi) is 9.38. The number of amides is 1. The monoisotopic (exact) mass is 534 g/mol. The second-order valence-corrected chi connectivity index (χ2v) is 8.96. The molecule has 1 N–H and O–H groups in total. The smallest absolute Gasteiger partial charge is 0.336 e. The zero-order chi connectivity index (χ0) is 25.2. The predicted molar refractivity (Wildman–Crippen MR) is 142 cm³/mol. The van der Waals surface area contributed by atoms with Gasteiger partial charge in [-0.1, -0.05) is 60.1 Å². The Morgan fingerprint density at radius 2 is 1.74 bits per heavy atom. The summed E-state index contributed by atoms with van der Waals surface area (Å²) in [6.45, 7) is 5.96. The third-order valence-corrected chi connectivity index (χ3v) is 5.84. The van der Waals surface area contributed by atoms with Crippen molar-refractivity contribution in [2.75, 3.05) is 6.61 Å². The number of rotatable bonds is 9. The lowest BCUT2D eigenvalue weighted by atomic mass is 10.0. The molecule has 180 valence electrons. The van der Waals surface area contributed by atoms with Crippen LogP contribution in [0.5, 0.6) is 11.5 Å². The summed E-state index contributed by atoms with van der Waals surface area (Å²) in [5, 5.41) is 3.97. The normalized spacial score (nSPS) is 11.2. The number of carbonyl (C=O) groups is 2. The number of carbonyl (C=O) groups excluding carboxylic acids is 2. The number of halogens is 1. The number of ether oxygens (including phenoxy) is 2. The Morgan fingerprint density at radius 3 is 2.43 bits per heavy atom. The largest absolute Gasteiger partial charge is 0.483 e. The molecule has 0 aliphatic heterocycles. The average molecular weight is 535 g/mol. The number of benzene rings is 3. The molecule has 0 aliphatic rings. The summed E-state index contributed by atoms with van der Waals surface area (Å²) in [6, 6.07) is 20.2. The standard InChI is InChI=1S/C28H27BrN2O4/c1-19(2)24-16-25(29)20(3)15-26(24)34-18-27(32)31-30-17-22-9-12-23(13-10-22)35-28(33)14-11-21-7-5-4-6-8-21/h4-17,19H,18H2,1-3H3,(H,31,32). The Labute approximate surface area is 213 Å². The third-order valence-electron chi connectivity index (χ3n) is 4.98. The first-order valence-electron chi connectivity index (χ1n) is 11.1. The van der Waals surface area contributed by atoms with Crippen molar-refractivity contribution in [3.05, 3.63) is 99.5 Å². The van der Waals surface area contributed by atoms with E-state index < -0.39 is 5.97 Å². The lowest BCUT2D eigenvalue weighted by Gasteiger charge is -2.15. The van der Waals surface area contributed by atoms with Gasteiger partial charge >= 0.3 is 5.97 Å². The molecule has 0 heterocycles. The van der Waals surface area contributed by atoms with Gasteiger partial charge in [-0.15, -0.1) is 0 Å². The van der Waals surface area contributed by atoms with E-state index in [1.54, 1.807) is 30.3 Å². The second kappa shape index (κ2) is 12.7. The van der Waals surface area contributed by atoms with Crippen LogP contribution in [0, 0.1) is 6.92 Å². The third kappa shape index (κ3) is 8.22. The highest BCUT2D eigenvalue weighted by Crippen LogP contribution is 2.32. The summed E-state index contributed by atoms with van der Waals surface area (Å²) in [7, 11) is 0. The zero-order valence-corrected chi connectivity index (χ0v) is 21.4. The number of hydrogen-bond donors (Lipinski definition) is 1. The van der Waals surface area contributed by atoms with Crippen LogP contribution in [0.2, 0.25) is 0 Å². The van der Waals surface area contributed by atoms with E-state index in [1.165, 1.54) is 12.3 Å². The molecule has 0 spiro atoms. The second-order valence-electron chi connectivity index (χ2n) is 8.11. The van der Waals surface area contributed by atoms with Gasteiger partial charge in [0.25, 0.3) is 5.91 Å². The van der Waals surface area contributed by atoms with Gasteiger partial charge in [0, 0.05) is 10.5 Å². The van der Waals surface area contributed by atoms with Crippen molar-refractivity contribution in [1.82, 2.24) is 5.43 Å². The number of nitrogens with one attached hydrogen (secondary N) is 1. The van der Waals surface area contributed by atoms with Crippen molar-refractivity contribution < 1.29 is 19.1 Å². The number of nitrogens with zero attached hydrogens (tertiary/aromatic N) is 1. The van der Waals surface area contributed by atoms with Crippen LogP contribution in [0.25, 0.3) is 6.08 Å². The lowest BCUT2D eigenvalue weighted by Crippen LogP contribution is -2.25. The molecular weight excluding hydrogens is 508 g/mol. The number of hydrazone groups is 1. The van der Waals surface area contributed by atoms with Crippen LogP contribution in [-0.4, -0.2) is 24.7 Å². The van der Waals surface area contributed by atoms with Crippen LogP contribution in [0.4, 0.5) is 0 Å². The quantitative estimate of drug-likeness (QED) is 0.119. The molecule has 0 saturated carbocycles. The highest BCUT2D eigenvalue weighted by atomic mass is 79.9. The minimum Gasteiger partial charge on any atom is -0.483 e. The molecule has 35 heavy (non-hydrogen) atoms. The molecule has 6 nitrogen and oxygen atoms in total. The molecule has 0 atom stereocenters. The Bertz CT molecular complexity index is 1220.